The highest BCUT2D eigenvalue weighted by atomic mass is 16.1. The summed E-state index contributed by atoms with van der Waals surface area (Å²) < 4.78 is 0. The van der Waals surface area contributed by atoms with Gasteiger partial charge in [-0.2, -0.15) is 0 Å². The molecule has 3 N–H and O–H groups in total. The molecule has 1 aliphatic rings. The van der Waals surface area contributed by atoms with Crippen LogP contribution >= 0.6 is 0 Å². The number of rotatable bonds is 4. The topological polar surface area (TPSA) is 61.6 Å². The van der Waals surface area contributed by atoms with Crippen molar-refractivity contribution in [3.63, 3.8) is 0 Å². The van der Waals surface area contributed by atoms with Gasteiger partial charge in [0, 0.05) is 37.4 Å². The van der Waals surface area contributed by atoms with Crippen molar-refractivity contribution in [3.05, 3.63) is 53.6 Å². The van der Waals surface area contributed by atoms with E-state index in [9.17, 15) is 4.79 Å². The fraction of sp³-hybridized carbons (Fsp3) is 0.350. The Balaban J connectivity index is 1.80. The number of nitrogens with two attached hydrogens (primary N) is 1. The summed E-state index contributed by atoms with van der Waals surface area (Å²) in [7, 11) is 2.13. The van der Waals surface area contributed by atoms with Crippen LogP contribution in [0.1, 0.15) is 22.8 Å². The first-order valence-corrected chi connectivity index (χ1v) is 8.80. The van der Waals surface area contributed by atoms with Crippen molar-refractivity contribution in [1.29, 1.82) is 0 Å². The molecule has 0 unspecified atom stereocenters. The first-order chi connectivity index (χ1) is 12.1. The molecule has 0 aliphatic carbocycles. The van der Waals surface area contributed by atoms with Crippen molar-refractivity contribution >= 4 is 23.0 Å². The highest BCUT2D eigenvalue weighted by Gasteiger charge is 2.18. The summed E-state index contributed by atoms with van der Waals surface area (Å²) in [5, 5.41) is 3.04. The monoisotopic (exact) mass is 338 g/mol. The Hall–Kier alpha value is -2.53. The summed E-state index contributed by atoms with van der Waals surface area (Å²) in [5.74, 6) is -0.108. The van der Waals surface area contributed by atoms with Crippen molar-refractivity contribution in [3.8, 4) is 0 Å². The first-order valence-electron chi connectivity index (χ1n) is 8.80. The average molecular weight is 338 g/mol. The number of carbonyl (C=O) groups excluding carboxylic acids is 1. The van der Waals surface area contributed by atoms with Crippen LogP contribution in [0, 0.1) is 0 Å². The van der Waals surface area contributed by atoms with Gasteiger partial charge in [0.25, 0.3) is 5.91 Å². The quantitative estimate of drug-likeness (QED) is 0.842. The van der Waals surface area contributed by atoms with E-state index in [1.54, 1.807) is 0 Å². The van der Waals surface area contributed by atoms with Crippen LogP contribution in [0.5, 0.6) is 0 Å². The predicted molar refractivity (Wildman–Crippen MR) is 104 cm³/mol. The van der Waals surface area contributed by atoms with Crippen LogP contribution in [0.2, 0.25) is 0 Å². The predicted octanol–water partition coefficient (Wildman–Crippen LogP) is 2.84. The summed E-state index contributed by atoms with van der Waals surface area (Å²) >= 11 is 0. The maximum atomic E-state index is 12.6. The third-order valence-corrected chi connectivity index (χ3v) is 4.74. The Labute approximate surface area is 149 Å². The molecule has 0 saturated carbocycles. The Morgan fingerprint density at radius 2 is 1.76 bits per heavy atom. The number of piperazine rings is 1. The molecule has 0 atom stereocenters. The highest BCUT2D eigenvalue weighted by Crippen LogP contribution is 2.29. The van der Waals surface area contributed by atoms with Gasteiger partial charge in [-0.3, -0.25) is 4.79 Å². The summed E-state index contributed by atoms with van der Waals surface area (Å²) in [6, 6.07) is 13.5. The van der Waals surface area contributed by atoms with Gasteiger partial charge >= 0.3 is 0 Å². The molecule has 0 bridgehead atoms. The lowest BCUT2D eigenvalue weighted by molar-refractivity contribution is 0.102. The van der Waals surface area contributed by atoms with Gasteiger partial charge in [0.2, 0.25) is 0 Å². The van der Waals surface area contributed by atoms with Gasteiger partial charge in [0.15, 0.2) is 0 Å². The van der Waals surface area contributed by atoms with Crippen molar-refractivity contribution in [2.45, 2.75) is 13.3 Å². The van der Waals surface area contributed by atoms with Crippen LogP contribution in [0.3, 0.4) is 0 Å². The molecule has 2 aromatic rings. The lowest BCUT2D eigenvalue weighted by Gasteiger charge is -2.35. The Morgan fingerprint density at radius 1 is 1.08 bits per heavy atom. The molecular weight excluding hydrogens is 312 g/mol. The normalized spacial score (nSPS) is 15.2. The second-order valence-corrected chi connectivity index (χ2v) is 6.57. The minimum absolute atomic E-state index is 0.108. The van der Waals surface area contributed by atoms with Crippen LogP contribution in [0.4, 0.5) is 17.1 Å². The Kier molecular flexibility index (Phi) is 5.24. The lowest BCUT2D eigenvalue weighted by atomic mass is 10.1. The molecule has 5 heteroatoms. The van der Waals surface area contributed by atoms with Crippen LogP contribution in [0.25, 0.3) is 0 Å². The number of hydrogen-bond acceptors (Lipinski definition) is 4. The van der Waals surface area contributed by atoms with Crippen molar-refractivity contribution in [2.75, 3.05) is 49.2 Å². The van der Waals surface area contributed by atoms with Gasteiger partial charge < -0.3 is 20.9 Å². The zero-order chi connectivity index (χ0) is 17.8. The molecule has 0 spiro atoms. The number of hydrogen-bond donors (Lipinski definition) is 2. The molecule has 25 heavy (non-hydrogen) atoms. The van der Waals surface area contributed by atoms with Gasteiger partial charge in [0.1, 0.15) is 0 Å². The Morgan fingerprint density at radius 3 is 2.40 bits per heavy atom. The van der Waals surface area contributed by atoms with E-state index in [0.29, 0.717) is 11.3 Å². The fourth-order valence-electron chi connectivity index (χ4n) is 3.06. The molecule has 1 fully saturated rings. The number of carbonyl (C=O) groups is 1. The van der Waals surface area contributed by atoms with Crippen LogP contribution in [0.15, 0.2) is 42.5 Å². The number of likely N-dealkylation sites (N-methyl/N-ethyl adjacent to an activating group) is 1. The third kappa shape index (κ3) is 4.12. The minimum Gasteiger partial charge on any atom is -0.399 e. The highest BCUT2D eigenvalue weighted by molar-refractivity contribution is 6.06. The van der Waals surface area contributed by atoms with Crippen molar-refractivity contribution in [1.82, 2.24) is 4.90 Å². The molecule has 3 rings (SSSR count). The lowest BCUT2D eigenvalue weighted by Crippen LogP contribution is -2.44. The number of nitrogens with zero attached hydrogens (tertiary/aromatic N) is 2. The molecule has 0 radical (unpaired) electrons. The van der Waals surface area contributed by atoms with Crippen molar-refractivity contribution in [2.24, 2.45) is 0 Å². The second-order valence-electron chi connectivity index (χ2n) is 6.57. The molecule has 1 aliphatic heterocycles. The summed E-state index contributed by atoms with van der Waals surface area (Å²) in [4.78, 5) is 17.2. The molecule has 0 aromatic heterocycles. The van der Waals surface area contributed by atoms with E-state index in [2.05, 4.69) is 29.1 Å². The van der Waals surface area contributed by atoms with Gasteiger partial charge in [-0.25, -0.2) is 0 Å². The molecule has 1 heterocycles. The first kappa shape index (κ1) is 17.3. The van der Waals surface area contributed by atoms with Crippen LogP contribution in [-0.2, 0) is 6.42 Å². The molecule has 132 valence electrons. The zero-order valence-electron chi connectivity index (χ0n) is 15.0. The number of nitrogen functional groups attached to an aromatic ring is 1. The third-order valence-electron chi connectivity index (χ3n) is 4.74. The molecule has 1 amide bonds. The second kappa shape index (κ2) is 7.57. The standard InChI is InChI=1S/C20H26N4O/c1-3-15-4-6-16(7-5-15)20(25)22-18-14-17(21)8-9-19(18)24-12-10-23(2)11-13-24/h4-9,14H,3,10-13,21H2,1-2H3,(H,22,25). The number of amides is 1. The van der Waals surface area contributed by atoms with E-state index in [4.69, 9.17) is 5.73 Å². The maximum absolute atomic E-state index is 12.6. The van der Waals surface area contributed by atoms with E-state index in [-0.39, 0.29) is 5.91 Å². The maximum Gasteiger partial charge on any atom is 0.255 e. The minimum atomic E-state index is -0.108. The number of benzene rings is 2. The smallest absolute Gasteiger partial charge is 0.255 e. The zero-order valence-corrected chi connectivity index (χ0v) is 15.0. The molecule has 2 aromatic carbocycles. The number of nitrogens with one attached hydrogen (secondary N) is 1. The van der Waals surface area contributed by atoms with Crippen molar-refractivity contribution < 1.29 is 4.79 Å². The molecular formula is C20H26N4O. The average Bonchev–Trinajstić information content (AvgIpc) is 2.63. The summed E-state index contributed by atoms with van der Waals surface area (Å²) in [6.45, 7) is 6.00. The molecule has 5 nitrogen and oxygen atoms in total. The van der Waals surface area contributed by atoms with Crippen LogP contribution < -0.4 is 16.0 Å². The van der Waals surface area contributed by atoms with E-state index >= 15 is 0 Å². The van der Waals surface area contributed by atoms with E-state index in [1.165, 1.54) is 5.56 Å². The fourth-order valence-corrected chi connectivity index (χ4v) is 3.06. The van der Waals surface area contributed by atoms with E-state index in [1.807, 2.05) is 42.5 Å². The summed E-state index contributed by atoms with van der Waals surface area (Å²) in [5.41, 5.74) is 10.3. The largest absolute Gasteiger partial charge is 0.399 e. The number of anilines is 3. The van der Waals surface area contributed by atoms with Gasteiger partial charge in [-0.05, 0) is 49.4 Å². The Bertz CT molecular complexity index is 734. The van der Waals surface area contributed by atoms with E-state index in [0.717, 1.165) is 44.0 Å². The number of aryl methyl sites for hydroxylation is 1. The van der Waals surface area contributed by atoms with Gasteiger partial charge in [-0.15, -0.1) is 0 Å². The summed E-state index contributed by atoms with van der Waals surface area (Å²) in [6.07, 6.45) is 0.963. The van der Waals surface area contributed by atoms with Gasteiger partial charge in [0.05, 0.1) is 11.4 Å². The van der Waals surface area contributed by atoms with E-state index < -0.39 is 0 Å². The SMILES string of the molecule is CCc1ccc(C(=O)Nc2cc(N)ccc2N2CCN(C)CC2)cc1. The van der Waals surface area contributed by atoms with Crippen LogP contribution in [-0.4, -0.2) is 44.0 Å². The molecule has 1 saturated heterocycles. The van der Waals surface area contributed by atoms with Gasteiger partial charge in [-0.1, -0.05) is 19.1 Å².